The molecule has 1 heterocycles. The van der Waals surface area contributed by atoms with Crippen molar-refractivity contribution in [3.05, 3.63) is 87.9 Å². The molecular weight excluding hydrogens is 506 g/mol. The molecule has 3 N–H and O–H groups in total. The van der Waals surface area contributed by atoms with Crippen LogP contribution in [0, 0.1) is 6.92 Å². The summed E-state index contributed by atoms with van der Waals surface area (Å²) in [6.07, 6.45) is 0.752. The van der Waals surface area contributed by atoms with E-state index in [1.165, 1.54) is 12.1 Å². The van der Waals surface area contributed by atoms with E-state index in [-0.39, 0.29) is 10.8 Å². The Labute approximate surface area is 200 Å². The fourth-order valence-corrected chi connectivity index (χ4v) is 5.09. The van der Waals surface area contributed by atoms with Gasteiger partial charge >= 0.3 is 0 Å². The highest BCUT2D eigenvalue weighted by Crippen LogP contribution is 2.27. The SMILES string of the molecule is Cc1cc(NC(=O)[C@H](NS(=O)(=O)c2ccc3c(c2)CCC(=O)N3)c2ccccc2)ccc1Br. The van der Waals surface area contributed by atoms with Gasteiger partial charge in [-0.2, -0.15) is 4.72 Å². The summed E-state index contributed by atoms with van der Waals surface area (Å²) in [6, 6.07) is 17.4. The molecule has 0 aromatic heterocycles. The van der Waals surface area contributed by atoms with Crippen LogP contribution in [0.5, 0.6) is 0 Å². The number of carbonyl (C=O) groups is 2. The van der Waals surface area contributed by atoms with E-state index in [0.717, 1.165) is 15.6 Å². The molecule has 3 aromatic carbocycles. The molecule has 0 saturated carbocycles. The number of carbonyl (C=O) groups excluding carboxylic acids is 2. The third kappa shape index (κ3) is 5.32. The lowest BCUT2D eigenvalue weighted by molar-refractivity contribution is -0.118. The molecule has 0 spiro atoms. The van der Waals surface area contributed by atoms with E-state index in [1.54, 1.807) is 48.5 Å². The van der Waals surface area contributed by atoms with Crippen molar-refractivity contribution in [2.75, 3.05) is 10.6 Å². The van der Waals surface area contributed by atoms with Crippen LogP contribution in [0.3, 0.4) is 0 Å². The standard InChI is InChI=1S/C24H22BrN3O4S/c1-15-13-18(8-10-20(15)25)26-24(30)23(16-5-3-2-4-6-16)28-33(31,32)19-9-11-21-17(14-19)7-12-22(29)27-21/h2-6,8-11,13-14,23,28H,7,12H2,1H3,(H,26,30)(H,27,29)/t23-/m1/s1. The second-order valence-corrected chi connectivity index (χ2v) is 10.4. The van der Waals surface area contributed by atoms with Crippen molar-refractivity contribution in [2.45, 2.75) is 30.7 Å². The molecule has 1 aliphatic rings. The average molecular weight is 528 g/mol. The minimum Gasteiger partial charge on any atom is -0.326 e. The molecule has 170 valence electrons. The minimum atomic E-state index is -4.04. The molecule has 9 heteroatoms. The van der Waals surface area contributed by atoms with E-state index in [1.807, 2.05) is 13.0 Å². The molecule has 0 fully saturated rings. The van der Waals surface area contributed by atoms with Crippen molar-refractivity contribution in [1.29, 1.82) is 0 Å². The number of amides is 2. The van der Waals surface area contributed by atoms with Gasteiger partial charge in [0, 0.05) is 22.3 Å². The molecule has 1 aliphatic heterocycles. The van der Waals surface area contributed by atoms with E-state index in [0.29, 0.717) is 29.8 Å². The number of hydrogen-bond acceptors (Lipinski definition) is 4. The monoisotopic (exact) mass is 527 g/mol. The first kappa shape index (κ1) is 23.2. The molecule has 7 nitrogen and oxygen atoms in total. The van der Waals surface area contributed by atoms with Crippen molar-refractivity contribution in [3.8, 4) is 0 Å². The highest BCUT2D eigenvalue weighted by Gasteiger charge is 2.28. The van der Waals surface area contributed by atoms with Gasteiger partial charge in [0.25, 0.3) is 0 Å². The Morgan fingerprint density at radius 1 is 1.03 bits per heavy atom. The summed E-state index contributed by atoms with van der Waals surface area (Å²) in [6.45, 7) is 1.90. The normalized spacial score (nSPS) is 14.2. The lowest BCUT2D eigenvalue weighted by Gasteiger charge is -2.21. The molecule has 0 bridgehead atoms. The van der Waals surface area contributed by atoms with Crippen molar-refractivity contribution >= 4 is 49.1 Å². The predicted octanol–water partition coefficient (Wildman–Crippen LogP) is 4.30. The van der Waals surface area contributed by atoms with Crippen LogP contribution < -0.4 is 15.4 Å². The second kappa shape index (κ2) is 9.46. The maximum atomic E-state index is 13.2. The smallest absolute Gasteiger partial charge is 0.247 e. The summed E-state index contributed by atoms with van der Waals surface area (Å²) in [5.74, 6) is -0.600. The number of sulfonamides is 1. The van der Waals surface area contributed by atoms with Crippen molar-refractivity contribution < 1.29 is 18.0 Å². The zero-order valence-electron chi connectivity index (χ0n) is 17.8. The number of anilines is 2. The number of rotatable bonds is 6. The number of aryl methyl sites for hydroxylation is 2. The summed E-state index contributed by atoms with van der Waals surface area (Å²) in [5, 5.41) is 5.54. The topological polar surface area (TPSA) is 104 Å². The highest BCUT2D eigenvalue weighted by molar-refractivity contribution is 9.10. The molecule has 4 rings (SSSR count). The van der Waals surface area contributed by atoms with Gasteiger partial charge in [-0.3, -0.25) is 9.59 Å². The second-order valence-electron chi connectivity index (χ2n) is 7.79. The molecule has 0 unspecified atom stereocenters. The molecular formula is C24H22BrN3O4S. The van der Waals surface area contributed by atoms with E-state index >= 15 is 0 Å². The third-order valence-corrected chi connectivity index (χ3v) is 7.69. The molecule has 2 amide bonds. The first-order valence-electron chi connectivity index (χ1n) is 10.3. The van der Waals surface area contributed by atoms with E-state index < -0.39 is 22.0 Å². The summed E-state index contributed by atoms with van der Waals surface area (Å²) in [4.78, 5) is 24.8. The van der Waals surface area contributed by atoms with Crippen molar-refractivity contribution in [3.63, 3.8) is 0 Å². The lowest BCUT2D eigenvalue weighted by atomic mass is 10.0. The number of nitrogens with one attached hydrogen (secondary N) is 3. The molecule has 3 aromatic rings. The molecule has 0 radical (unpaired) electrons. The van der Waals surface area contributed by atoms with Gasteiger partial charge in [0.05, 0.1) is 4.90 Å². The van der Waals surface area contributed by atoms with E-state index in [9.17, 15) is 18.0 Å². The van der Waals surface area contributed by atoms with E-state index in [2.05, 4.69) is 31.3 Å². The quantitative estimate of drug-likeness (QED) is 0.444. The number of benzene rings is 3. The van der Waals surface area contributed by atoms with Gasteiger partial charge in [-0.15, -0.1) is 0 Å². The van der Waals surface area contributed by atoms with Crippen LogP contribution in [0.2, 0.25) is 0 Å². The molecule has 1 atom stereocenters. The Hall–Kier alpha value is -3.01. The Morgan fingerprint density at radius 3 is 2.52 bits per heavy atom. The zero-order chi connectivity index (χ0) is 23.6. The van der Waals surface area contributed by atoms with Crippen LogP contribution in [0.15, 0.2) is 76.1 Å². The van der Waals surface area contributed by atoms with Gasteiger partial charge in [0.15, 0.2) is 0 Å². The minimum absolute atomic E-state index is 0.0330. The fraction of sp³-hybridized carbons (Fsp3) is 0.167. The summed E-state index contributed by atoms with van der Waals surface area (Å²) >= 11 is 3.43. The maximum absolute atomic E-state index is 13.2. The van der Waals surface area contributed by atoms with Crippen LogP contribution in [0.1, 0.15) is 29.2 Å². The fourth-order valence-electron chi connectivity index (χ4n) is 3.61. The first-order valence-corrected chi connectivity index (χ1v) is 12.6. The van der Waals surface area contributed by atoms with Crippen LogP contribution in [0.4, 0.5) is 11.4 Å². The zero-order valence-corrected chi connectivity index (χ0v) is 20.2. The third-order valence-electron chi connectivity index (χ3n) is 5.38. The Morgan fingerprint density at radius 2 is 1.79 bits per heavy atom. The van der Waals surface area contributed by atoms with Gasteiger partial charge in [0.2, 0.25) is 21.8 Å². The summed E-state index contributed by atoms with van der Waals surface area (Å²) in [5.41, 5.74) is 3.35. The number of fused-ring (bicyclic) bond motifs is 1. The van der Waals surface area contributed by atoms with Gasteiger partial charge < -0.3 is 10.6 Å². The van der Waals surface area contributed by atoms with Gasteiger partial charge in [-0.1, -0.05) is 46.3 Å². The lowest BCUT2D eigenvalue weighted by Crippen LogP contribution is -2.37. The first-order chi connectivity index (χ1) is 15.7. The van der Waals surface area contributed by atoms with Crippen LogP contribution in [0.25, 0.3) is 0 Å². The summed E-state index contributed by atoms with van der Waals surface area (Å²) < 4.78 is 29.9. The van der Waals surface area contributed by atoms with Gasteiger partial charge in [0.1, 0.15) is 6.04 Å². The molecule has 0 aliphatic carbocycles. The molecule has 33 heavy (non-hydrogen) atoms. The Balaban J connectivity index is 1.63. The Kier molecular flexibility index (Phi) is 6.64. The predicted molar refractivity (Wildman–Crippen MR) is 130 cm³/mol. The van der Waals surface area contributed by atoms with Gasteiger partial charge in [-0.25, -0.2) is 8.42 Å². The average Bonchev–Trinajstić information content (AvgIpc) is 2.80. The van der Waals surface area contributed by atoms with Crippen molar-refractivity contribution in [2.24, 2.45) is 0 Å². The summed E-state index contributed by atoms with van der Waals surface area (Å²) in [7, 11) is -4.04. The number of hydrogen-bond donors (Lipinski definition) is 3. The van der Waals surface area contributed by atoms with E-state index in [4.69, 9.17) is 0 Å². The van der Waals surface area contributed by atoms with Gasteiger partial charge in [-0.05, 0) is 66.4 Å². The van der Waals surface area contributed by atoms with Crippen LogP contribution in [-0.4, -0.2) is 20.2 Å². The van der Waals surface area contributed by atoms with Crippen molar-refractivity contribution in [1.82, 2.24) is 4.72 Å². The largest absolute Gasteiger partial charge is 0.326 e. The number of halogens is 1. The Bertz CT molecular complexity index is 1330. The maximum Gasteiger partial charge on any atom is 0.247 e. The van der Waals surface area contributed by atoms with Crippen LogP contribution >= 0.6 is 15.9 Å². The molecule has 0 saturated heterocycles. The highest BCUT2D eigenvalue weighted by atomic mass is 79.9. The van der Waals surface area contributed by atoms with Crippen LogP contribution in [-0.2, 0) is 26.0 Å².